The zero-order valence-corrected chi connectivity index (χ0v) is 21.9. The molecule has 1 unspecified atom stereocenters. The molecule has 0 fully saturated rings. The first-order valence-corrected chi connectivity index (χ1v) is 12.3. The summed E-state index contributed by atoms with van der Waals surface area (Å²) in [7, 11) is 2.97. The van der Waals surface area contributed by atoms with E-state index in [1.165, 1.54) is 23.4 Å². The van der Waals surface area contributed by atoms with Gasteiger partial charge in [-0.15, -0.1) is 0 Å². The molecule has 0 saturated heterocycles. The Hall–Kier alpha value is -3.27. The maximum absolute atomic E-state index is 13.2. The van der Waals surface area contributed by atoms with Crippen molar-refractivity contribution in [3.8, 4) is 0 Å². The number of fused-ring (bicyclic) bond motifs is 1. The van der Waals surface area contributed by atoms with Crippen molar-refractivity contribution in [2.45, 2.75) is 63.2 Å². The number of thioether (sulfide) groups is 1. The molecule has 1 atom stereocenters. The minimum atomic E-state index is -0.566. The van der Waals surface area contributed by atoms with E-state index >= 15 is 0 Å². The van der Waals surface area contributed by atoms with Crippen LogP contribution in [-0.2, 0) is 24.3 Å². The number of aryl methyl sites for hydroxylation is 1. The number of nitrogens with zero attached hydrogens (tertiary/aromatic N) is 4. The maximum Gasteiger partial charge on any atom is 0.332 e. The lowest BCUT2D eigenvalue weighted by Crippen LogP contribution is -2.38. The summed E-state index contributed by atoms with van der Waals surface area (Å²) in [4.78, 5) is 59.7. The van der Waals surface area contributed by atoms with Gasteiger partial charge in [0.15, 0.2) is 11.4 Å². The summed E-state index contributed by atoms with van der Waals surface area (Å²) in [6.45, 7) is 9.51. The highest BCUT2D eigenvalue weighted by atomic mass is 32.2. The van der Waals surface area contributed by atoms with Crippen molar-refractivity contribution in [3.05, 3.63) is 56.5 Å². The highest BCUT2D eigenvalue weighted by molar-refractivity contribution is 8.00. The fourth-order valence-corrected chi connectivity index (χ4v) is 4.49. The summed E-state index contributed by atoms with van der Waals surface area (Å²) >= 11 is 1.17. The molecule has 0 saturated carbocycles. The van der Waals surface area contributed by atoms with Gasteiger partial charge in [-0.05, 0) is 37.6 Å². The third kappa shape index (κ3) is 5.53. The number of aromatic nitrogens is 4. The lowest BCUT2D eigenvalue weighted by atomic mass is 9.96. The quantitative estimate of drug-likeness (QED) is 0.302. The molecule has 10 heteroatoms. The molecule has 9 nitrogen and oxygen atoms in total. The fraction of sp³-hybridized carbons (Fsp3) is 0.440. The van der Waals surface area contributed by atoms with Crippen LogP contribution in [0.4, 0.5) is 5.69 Å². The Morgan fingerprint density at radius 2 is 1.69 bits per heavy atom. The van der Waals surface area contributed by atoms with E-state index in [1.54, 1.807) is 38.2 Å². The standard InChI is InChI=1S/C25H31N5O4S/c1-8-9-17(31)26-16-12-10-15(11-13-16)19(32)14(2)35-21-18-20(27-23(28-21)25(3,4)5)29(6)24(34)30(7)22(18)33/h10-14H,8-9H2,1-7H3,(H,26,31). The van der Waals surface area contributed by atoms with Crippen LogP contribution in [-0.4, -0.2) is 36.0 Å². The predicted molar refractivity (Wildman–Crippen MR) is 138 cm³/mol. The van der Waals surface area contributed by atoms with Gasteiger partial charge in [0.1, 0.15) is 16.2 Å². The van der Waals surface area contributed by atoms with Gasteiger partial charge in [0, 0.05) is 37.2 Å². The molecule has 0 bridgehead atoms. The summed E-state index contributed by atoms with van der Waals surface area (Å²) < 4.78 is 2.35. The normalized spacial score (nSPS) is 12.5. The van der Waals surface area contributed by atoms with Gasteiger partial charge in [-0.2, -0.15) is 0 Å². The van der Waals surface area contributed by atoms with Gasteiger partial charge in [-0.1, -0.05) is 39.5 Å². The van der Waals surface area contributed by atoms with Crippen LogP contribution in [0.15, 0.2) is 38.9 Å². The average Bonchev–Trinajstić information content (AvgIpc) is 2.80. The van der Waals surface area contributed by atoms with Gasteiger partial charge in [0.2, 0.25) is 5.91 Å². The number of ketones is 1. The molecule has 3 aromatic rings. The predicted octanol–water partition coefficient (Wildman–Crippen LogP) is 3.43. The molecule has 0 radical (unpaired) electrons. The van der Waals surface area contributed by atoms with E-state index in [1.807, 2.05) is 27.7 Å². The Bertz CT molecular complexity index is 1400. The first-order chi connectivity index (χ1) is 16.3. The minimum Gasteiger partial charge on any atom is -0.326 e. The molecule has 0 aliphatic rings. The van der Waals surface area contributed by atoms with Gasteiger partial charge < -0.3 is 5.32 Å². The van der Waals surface area contributed by atoms with Crippen LogP contribution in [0.5, 0.6) is 0 Å². The smallest absolute Gasteiger partial charge is 0.326 e. The van der Waals surface area contributed by atoms with Crippen molar-refractivity contribution in [1.82, 2.24) is 19.1 Å². The first-order valence-electron chi connectivity index (χ1n) is 11.4. The molecule has 2 aromatic heterocycles. The van der Waals surface area contributed by atoms with Gasteiger partial charge in [0.25, 0.3) is 5.56 Å². The number of carbonyl (C=O) groups is 2. The van der Waals surface area contributed by atoms with Crippen LogP contribution in [0.3, 0.4) is 0 Å². The number of Topliss-reactive ketones (excluding diaryl/α,β-unsaturated/α-hetero) is 1. The molecular formula is C25H31N5O4S. The largest absolute Gasteiger partial charge is 0.332 e. The molecule has 0 spiro atoms. The number of hydrogen-bond acceptors (Lipinski definition) is 7. The van der Waals surface area contributed by atoms with E-state index < -0.39 is 21.9 Å². The van der Waals surface area contributed by atoms with Crippen molar-refractivity contribution >= 4 is 40.2 Å². The van der Waals surface area contributed by atoms with E-state index in [-0.39, 0.29) is 22.7 Å². The summed E-state index contributed by atoms with van der Waals surface area (Å²) in [5, 5.41) is 2.81. The Morgan fingerprint density at radius 1 is 1.06 bits per heavy atom. The molecule has 35 heavy (non-hydrogen) atoms. The molecule has 1 amide bonds. The van der Waals surface area contributed by atoms with Crippen molar-refractivity contribution in [3.63, 3.8) is 0 Å². The van der Waals surface area contributed by atoms with E-state index in [9.17, 15) is 19.2 Å². The molecule has 0 aliphatic carbocycles. The van der Waals surface area contributed by atoms with Crippen molar-refractivity contribution in [2.24, 2.45) is 14.1 Å². The van der Waals surface area contributed by atoms with Crippen molar-refractivity contribution in [2.75, 3.05) is 5.32 Å². The highest BCUT2D eigenvalue weighted by Gasteiger charge is 2.26. The maximum atomic E-state index is 13.2. The van der Waals surface area contributed by atoms with Gasteiger partial charge in [-0.3, -0.25) is 23.5 Å². The molecular weight excluding hydrogens is 466 g/mol. The third-order valence-corrected chi connectivity index (χ3v) is 6.61. The number of nitrogens with one attached hydrogen (secondary N) is 1. The molecule has 2 heterocycles. The summed E-state index contributed by atoms with van der Waals surface area (Å²) in [5.74, 6) is 0.256. The summed E-state index contributed by atoms with van der Waals surface area (Å²) in [5.41, 5.74) is -0.0710. The van der Waals surface area contributed by atoms with E-state index in [4.69, 9.17) is 0 Å². The Balaban J connectivity index is 1.99. The van der Waals surface area contributed by atoms with Gasteiger partial charge in [-0.25, -0.2) is 14.8 Å². The first kappa shape index (κ1) is 26.3. The third-order valence-electron chi connectivity index (χ3n) is 5.53. The van der Waals surface area contributed by atoms with Gasteiger partial charge in [0.05, 0.1) is 5.25 Å². The Morgan fingerprint density at radius 3 is 2.26 bits per heavy atom. The minimum absolute atomic E-state index is 0.0724. The second-order valence-corrected chi connectivity index (χ2v) is 10.8. The zero-order chi connectivity index (χ0) is 26.1. The van der Waals surface area contributed by atoms with Crippen LogP contribution in [0.25, 0.3) is 11.0 Å². The molecule has 1 N–H and O–H groups in total. The average molecular weight is 498 g/mol. The number of carbonyl (C=O) groups excluding carboxylic acids is 2. The lowest BCUT2D eigenvalue weighted by molar-refractivity contribution is -0.116. The number of anilines is 1. The van der Waals surface area contributed by atoms with E-state index in [2.05, 4.69) is 15.3 Å². The number of amides is 1. The Kier molecular flexibility index (Phi) is 7.64. The monoisotopic (exact) mass is 497 g/mol. The summed E-state index contributed by atoms with van der Waals surface area (Å²) in [6, 6.07) is 6.73. The van der Waals surface area contributed by atoms with Crippen molar-refractivity contribution in [1.29, 1.82) is 0 Å². The second-order valence-electron chi connectivity index (χ2n) is 9.51. The van der Waals surface area contributed by atoms with Crippen LogP contribution < -0.4 is 16.6 Å². The molecule has 1 aromatic carbocycles. The molecule has 186 valence electrons. The lowest BCUT2D eigenvalue weighted by Gasteiger charge is -2.20. The molecule has 0 aliphatic heterocycles. The number of benzene rings is 1. The Labute approximate surface area is 208 Å². The van der Waals surface area contributed by atoms with E-state index in [0.717, 1.165) is 11.0 Å². The fourth-order valence-electron chi connectivity index (χ4n) is 3.47. The zero-order valence-electron chi connectivity index (χ0n) is 21.1. The number of hydrogen-bond donors (Lipinski definition) is 1. The van der Waals surface area contributed by atoms with Crippen LogP contribution >= 0.6 is 11.8 Å². The van der Waals surface area contributed by atoms with Gasteiger partial charge >= 0.3 is 5.69 Å². The number of rotatable bonds is 7. The van der Waals surface area contributed by atoms with E-state index in [0.29, 0.717) is 28.5 Å². The summed E-state index contributed by atoms with van der Waals surface area (Å²) in [6.07, 6.45) is 1.19. The highest BCUT2D eigenvalue weighted by Crippen LogP contribution is 2.31. The van der Waals surface area contributed by atoms with Crippen LogP contribution in [0.2, 0.25) is 0 Å². The van der Waals surface area contributed by atoms with Crippen LogP contribution in [0.1, 0.15) is 63.6 Å². The molecule has 3 rings (SSSR count). The topological polar surface area (TPSA) is 116 Å². The van der Waals surface area contributed by atoms with Crippen molar-refractivity contribution < 1.29 is 9.59 Å². The second kappa shape index (κ2) is 10.2. The SMILES string of the molecule is CCCC(=O)Nc1ccc(C(=O)C(C)Sc2nc(C(C)(C)C)nc3c2c(=O)n(C)c(=O)n3C)cc1. The van der Waals surface area contributed by atoms with Crippen LogP contribution in [0, 0.1) is 0 Å².